The van der Waals surface area contributed by atoms with Crippen LogP contribution in [0.5, 0.6) is 0 Å². The number of likely N-dealkylation sites (tertiary alicyclic amines) is 1. The molecule has 2 fully saturated rings. The maximum absolute atomic E-state index is 12.1. The van der Waals surface area contributed by atoms with E-state index >= 15 is 0 Å². The molecule has 0 spiro atoms. The van der Waals surface area contributed by atoms with Crippen LogP contribution in [0, 0.1) is 0 Å². The van der Waals surface area contributed by atoms with Crippen LogP contribution < -0.4 is 5.32 Å². The Morgan fingerprint density at radius 1 is 1.11 bits per heavy atom. The first-order chi connectivity index (χ1) is 9.16. The predicted octanol–water partition coefficient (Wildman–Crippen LogP) is -1.03. The first-order valence-electron chi connectivity index (χ1n) is 7.11. The average Bonchev–Trinajstić information content (AvgIpc) is 2.93. The summed E-state index contributed by atoms with van der Waals surface area (Å²) >= 11 is 0. The molecule has 6 nitrogen and oxygen atoms in total. The second-order valence-electron chi connectivity index (χ2n) is 5.36. The van der Waals surface area contributed by atoms with Gasteiger partial charge in [-0.05, 0) is 12.8 Å². The van der Waals surface area contributed by atoms with E-state index in [1.165, 1.54) is 0 Å². The maximum atomic E-state index is 12.1. The molecule has 1 N–H and O–H groups in total. The van der Waals surface area contributed by atoms with Crippen LogP contribution in [0.2, 0.25) is 0 Å². The maximum Gasteiger partial charge on any atom is 0.242 e. The van der Waals surface area contributed by atoms with Crippen molar-refractivity contribution in [1.29, 1.82) is 0 Å². The highest BCUT2D eigenvalue weighted by atomic mass is 16.2. The lowest BCUT2D eigenvalue weighted by molar-refractivity contribution is -0.139. The van der Waals surface area contributed by atoms with Crippen LogP contribution >= 0.6 is 0 Å². The second kappa shape index (κ2) is 6.86. The van der Waals surface area contributed by atoms with E-state index in [-0.39, 0.29) is 18.4 Å². The standard InChI is InChI=1S/C13H24N4O2/c1-15(10-13(19)17-6-2-3-7-17)12(18)11-16-8-4-14-5-9-16/h14H,2-11H2,1H3. The number of likely N-dealkylation sites (N-methyl/N-ethyl adjacent to an activating group) is 1. The summed E-state index contributed by atoms with van der Waals surface area (Å²) in [7, 11) is 1.72. The van der Waals surface area contributed by atoms with Gasteiger partial charge in [-0.3, -0.25) is 14.5 Å². The highest BCUT2D eigenvalue weighted by Crippen LogP contribution is 2.07. The lowest BCUT2D eigenvalue weighted by Gasteiger charge is -2.28. The summed E-state index contributed by atoms with van der Waals surface area (Å²) in [5.41, 5.74) is 0. The molecule has 0 aromatic rings. The summed E-state index contributed by atoms with van der Waals surface area (Å²) in [5, 5.41) is 3.26. The van der Waals surface area contributed by atoms with Gasteiger partial charge in [0.15, 0.2) is 0 Å². The van der Waals surface area contributed by atoms with Crippen molar-refractivity contribution < 1.29 is 9.59 Å². The summed E-state index contributed by atoms with van der Waals surface area (Å²) in [5.74, 6) is 0.114. The van der Waals surface area contributed by atoms with Gasteiger partial charge in [0.2, 0.25) is 11.8 Å². The van der Waals surface area contributed by atoms with Crippen LogP contribution in [0.15, 0.2) is 0 Å². The zero-order chi connectivity index (χ0) is 13.7. The molecule has 6 heteroatoms. The summed E-state index contributed by atoms with van der Waals surface area (Å²) in [6, 6.07) is 0. The highest BCUT2D eigenvalue weighted by molar-refractivity contribution is 5.85. The van der Waals surface area contributed by atoms with Crippen molar-refractivity contribution in [3.8, 4) is 0 Å². The summed E-state index contributed by atoms with van der Waals surface area (Å²) < 4.78 is 0. The Morgan fingerprint density at radius 3 is 2.37 bits per heavy atom. The number of piperazine rings is 1. The molecule has 2 amide bonds. The highest BCUT2D eigenvalue weighted by Gasteiger charge is 2.22. The smallest absolute Gasteiger partial charge is 0.242 e. The summed E-state index contributed by atoms with van der Waals surface area (Å²) in [4.78, 5) is 29.6. The number of nitrogens with zero attached hydrogens (tertiary/aromatic N) is 3. The van der Waals surface area contributed by atoms with Crippen molar-refractivity contribution in [2.24, 2.45) is 0 Å². The Bertz CT molecular complexity index is 323. The second-order valence-corrected chi connectivity index (χ2v) is 5.36. The van der Waals surface area contributed by atoms with E-state index in [2.05, 4.69) is 10.2 Å². The molecule has 0 atom stereocenters. The van der Waals surface area contributed by atoms with Gasteiger partial charge < -0.3 is 15.1 Å². The van der Waals surface area contributed by atoms with E-state index in [9.17, 15) is 9.59 Å². The van der Waals surface area contributed by atoms with Gasteiger partial charge in [-0.25, -0.2) is 0 Å². The van der Waals surface area contributed by atoms with Crippen molar-refractivity contribution in [3.05, 3.63) is 0 Å². The molecule has 2 heterocycles. The third-order valence-electron chi connectivity index (χ3n) is 3.83. The number of amides is 2. The van der Waals surface area contributed by atoms with Crippen LogP contribution in [0.4, 0.5) is 0 Å². The van der Waals surface area contributed by atoms with Crippen LogP contribution in [0.25, 0.3) is 0 Å². The Kier molecular flexibility index (Phi) is 5.15. The molecule has 2 aliphatic heterocycles. The van der Waals surface area contributed by atoms with Crippen LogP contribution in [-0.2, 0) is 9.59 Å². The van der Waals surface area contributed by atoms with Gasteiger partial charge in [0, 0.05) is 46.3 Å². The summed E-state index contributed by atoms with van der Waals surface area (Å²) in [6.07, 6.45) is 2.17. The van der Waals surface area contributed by atoms with E-state index < -0.39 is 0 Å². The molecule has 0 aliphatic carbocycles. The molecule has 2 aliphatic rings. The lowest BCUT2D eigenvalue weighted by Crippen LogP contribution is -2.49. The molecular formula is C13H24N4O2. The first kappa shape index (κ1) is 14.3. The van der Waals surface area contributed by atoms with E-state index in [0.717, 1.165) is 52.1 Å². The third kappa shape index (κ3) is 4.18. The van der Waals surface area contributed by atoms with Gasteiger partial charge in [-0.2, -0.15) is 0 Å². The van der Waals surface area contributed by atoms with Gasteiger partial charge in [0.05, 0.1) is 13.1 Å². The molecule has 0 radical (unpaired) electrons. The van der Waals surface area contributed by atoms with Crippen LogP contribution in [0.3, 0.4) is 0 Å². The van der Waals surface area contributed by atoms with Crippen LogP contribution in [0.1, 0.15) is 12.8 Å². The van der Waals surface area contributed by atoms with Crippen LogP contribution in [-0.4, -0.2) is 85.9 Å². The number of rotatable bonds is 4. The van der Waals surface area contributed by atoms with Gasteiger partial charge in [0.25, 0.3) is 0 Å². The predicted molar refractivity (Wildman–Crippen MR) is 72.8 cm³/mol. The summed E-state index contributed by atoms with van der Waals surface area (Å²) in [6.45, 7) is 6.00. The molecule has 0 aromatic heterocycles. The first-order valence-corrected chi connectivity index (χ1v) is 7.11. The molecular weight excluding hydrogens is 244 g/mol. The van der Waals surface area contributed by atoms with Crippen molar-refractivity contribution in [3.63, 3.8) is 0 Å². The monoisotopic (exact) mass is 268 g/mol. The number of carbonyl (C=O) groups excluding carboxylic acids is 2. The van der Waals surface area contributed by atoms with Crippen molar-refractivity contribution in [2.45, 2.75) is 12.8 Å². The zero-order valence-electron chi connectivity index (χ0n) is 11.7. The minimum Gasteiger partial charge on any atom is -0.341 e. The topological polar surface area (TPSA) is 55.9 Å². The third-order valence-corrected chi connectivity index (χ3v) is 3.83. The quantitative estimate of drug-likeness (QED) is 0.708. The SMILES string of the molecule is CN(CC(=O)N1CCCC1)C(=O)CN1CCNCC1. The van der Waals surface area contributed by atoms with E-state index in [0.29, 0.717) is 6.54 Å². The minimum atomic E-state index is 0.0365. The lowest BCUT2D eigenvalue weighted by atomic mass is 10.3. The van der Waals surface area contributed by atoms with E-state index in [4.69, 9.17) is 0 Å². The number of carbonyl (C=O) groups is 2. The molecule has 2 saturated heterocycles. The van der Waals surface area contributed by atoms with E-state index in [1.54, 1.807) is 11.9 Å². The van der Waals surface area contributed by atoms with Crippen molar-refractivity contribution >= 4 is 11.8 Å². The number of hydrogen-bond acceptors (Lipinski definition) is 4. The largest absolute Gasteiger partial charge is 0.341 e. The fourth-order valence-electron chi connectivity index (χ4n) is 2.54. The molecule has 0 saturated carbocycles. The minimum absolute atomic E-state index is 0.0365. The van der Waals surface area contributed by atoms with Gasteiger partial charge >= 0.3 is 0 Å². The fraction of sp³-hybridized carbons (Fsp3) is 0.846. The molecule has 2 rings (SSSR count). The Morgan fingerprint density at radius 2 is 1.74 bits per heavy atom. The molecule has 0 bridgehead atoms. The molecule has 19 heavy (non-hydrogen) atoms. The van der Waals surface area contributed by atoms with Gasteiger partial charge in [-0.1, -0.05) is 0 Å². The fourth-order valence-corrected chi connectivity index (χ4v) is 2.54. The molecule has 0 aromatic carbocycles. The zero-order valence-corrected chi connectivity index (χ0v) is 11.7. The number of hydrogen-bond donors (Lipinski definition) is 1. The van der Waals surface area contributed by atoms with E-state index in [1.807, 2.05) is 4.90 Å². The normalized spacial score (nSPS) is 20.6. The number of nitrogens with one attached hydrogen (secondary N) is 1. The molecule has 0 unspecified atom stereocenters. The molecule has 108 valence electrons. The van der Waals surface area contributed by atoms with Gasteiger partial charge in [0.1, 0.15) is 0 Å². The van der Waals surface area contributed by atoms with Crippen molar-refractivity contribution in [1.82, 2.24) is 20.0 Å². The Hall–Kier alpha value is -1.14. The van der Waals surface area contributed by atoms with Gasteiger partial charge in [-0.15, -0.1) is 0 Å². The Balaban J connectivity index is 1.73. The Labute approximate surface area is 114 Å². The average molecular weight is 268 g/mol. The van der Waals surface area contributed by atoms with Crippen molar-refractivity contribution in [2.75, 3.05) is 59.4 Å².